The maximum absolute atomic E-state index is 13.1. The molecular weight excluding hydrogens is 579 g/mol. The standard InChI is InChI=1S/C33H51NO7Si2/c1-20(2)42(21(3)4)40-19-30(41-43(38,22(5)6)23(7)8)24(9)31(32(35)36)34-33(37)39-18-29-27-16-12-10-14-25(27)26-15-11-13-17-28(26)29/h10-17,20-24,29-31,38,42H,18-19H2,1-9H3,(H,34,37)(H,35,36)/t24-,30-,31-/m0/s1. The number of fused-ring (bicyclic) bond motifs is 3. The van der Waals surface area contributed by atoms with Gasteiger partial charge in [-0.05, 0) is 44.4 Å². The van der Waals surface area contributed by atoms with E-state index in [9.17, 15) is 19.5 Å². The third-order valence-corrected chi connectivity index (χ3v) is 16.0. The van der Waals surface area contributed by atoms with Crippen LogP contribution in [0.1, 0.15) is 79.4 Å². The normalized spacial score (nSPS) is 15.6. The van der Waals surface area contributed by atoms with E-state index < -0.39 is 47.7 Å². The quantitative estimate of drug-likeness (QED) is 0.185. The van der Waals surface area contributed by atoms with Crippen LogP contribution in [0.2, 0.25) is 22.2 Å². The Hall–Kier alpha value is -2.51. The van der Waals surface area contributed by atoms with E-state index in [1.54, 1.807) is 6.92 Å². The van der Waals surface area contributed by atoms with Gasteiger partial charge in [-0.2, -0.15) is 0 Å². The van der Waals surface area contributed by atoms with Crippen LogP contribution in [0.5, 0.6) is 0 Å². The van der Waals surface area contributed by atoms with Crippen LogP contribution < -0.4 is 5.32 Å². The van der Waals surface area contributed by atoms with Crippen molar-refractivity contribution >= 4 is 29.7 Å². The summed E-state index contributed by atoms with van der Waals surface area (Å²) in [5.74, 6) is -2.05. The summed E-state index contributed by atoms with van der Waals surface area (Å²) in [7, 11) is -4.94. The number of carboxylic acids is 1. The van der Waals surface area contributed by atoms with E-state index in [2.05, 4.69) is 45.1 Å². The van der Waals surface area contributed by atoms with E-state index in [0.29, 0.717) is 11.1 Å². The zero-order chi connectivity index (χ0) is 32.1. The number of alkyl carbamates (subject to hydrolysis) is 1. The van der Waals surface area contributed by atoms with Crippen LogP contribution in [0.25, 0.3) is 11.1 Å². The predicted octanol–water partition coefficient (Wildman–Crippen LogP) is 6.81. The number of hydrogen-bond donors (Lipinski definition) is 3. The molecule has 8 nitrogen and oxygen atoms in total. The first-order valence-corrected chi connectivity index (χ1v) is 19.4. The molecule has 0 heterocycles. The molecule has 0 saturated heterocycles. The zero-order valence-corrected chi connectivity index (χ0v) is 29.3. The SMILES string of the molecule is CC(C)[SiH](OC[C@H](O[Si](O)(C(C)C)C(C)C)[C@H](C)[C@H](NC(=O)OCC1c2ccccc2-c2ccccc21)C(=O)O)C(C)C. The largest absolute Gasteiger partial charge is 0.480 e. The number of rotatable bonds is 15. The van der Waals surface area contributed by atoms with Crippen molar-refractivity contribution in [3.63, 3.8) is 0 Å². The molecule has 0 aromatic heterocycles. The molecule has 43 heavy (non-hydrogen) atoms. The number of benzene rings is 2. The number of aliphatic carboxylic acids is 1. The Morgan fingerprint density at radius 1 is 0.860 bits per heavy atom. The monoisotopic (exact) mass is 629 g/mol. The summed E-state index contributed by atoms with van der Waals surface area (Å²) < 4.78 is 18.6. The molecule has 3 rings (SSSR count). The van der Waals surface area contributed by atoms with Gasteiger partial charge in [0, 0.05) is 11.8 Å². The third-order valence-electron chi connectivity index (χ3n) is 8.76. The van der Waals surface area contributed by atoms with Gasteiger partial charge >= 0.3 is 20.6 Å². The summed E-state index contributed by atoms with van der Waals surface area (Å²) in [6, 6.07) is 14.8. The molecule has 1 amide bonds. The Kier molecular flexibility index (Phi) is 12.2. The van der Waals surface area contributed by atoms with Gasteiger partial charge in [0.15, 0.2) is 9.04 Å². The summed E-state index contributed by atoms with van der Waals surface area (Å²) in [5, 5.41) is 12.8. The average Bonchev–Trinajstić information content (AvgIpc) is 3.26. The number of ether oxygens (including phenoxy) is 1. The Morgan fingerprint density at radius 2 is 1.35 bits per heavy atom. The maximum Gasteiger partial charge on any atom is 0.407 e. The van der Waals surface area contributed by atoms with Crippen molar-refractivity contribution in [2.24, 2.45) is 5.92 Å². The molecule has 238 valence electrons. The van der Waals surface area contributed by atoms with Crippen molar-refractivity contribution in [3.8, 4) is 11.1 Å². The van der Waals surface area contributed by atoms with Gasteiger partial charge < -0.3 is 28.8 Å². The zero-order valence-electron chi connectivity index (χ0n) is 27.2. The van der Waals surface area contributed by atoms with E-state index in [4.69, 9.17) is 13.6 Å². The molecule has 2 aromatic rings. The summed E-state index contributed by atoms with van der Waals surface area (Å²) in [5.41, 5.74) is 4.87. The second-order valence-electron chi connectivity index (χ2n) is 13.1. The molecule has 2 aromatic carbocycles. The van der Waals surface area contributed by atoms with Crippen LogP contribution in [-0.4, -0.2) is 64.9 Å². The molecule has 10 heteroatoms. The Morgan fingerprint density at radius 3 is 1.79 bits per heavy atom. The second-order valence-corrected chi connectivity index (χ2v) is 21.1. The van der Waals surface area contributed by atoms with E-state index in [0.717, 1.165) is 22.3 Å². The van der Waals surface area contributed by atoms with Gasteiger partial charge in [0.2, 0.25) is 0 Å². The minimum Gasteiger partial charge on any atom is -0.480 e. The Balaban J connectivity index is 1.79. The Bertz CT molecular complexity index is 1170. The van der Waals surface area contributed by atoms with Gasteiger partial charge in [-0.25, -0.2) is 9.59 Å². The minimum atomic E-state index is -3.28. The average molecular weight is 630 g/mol. The molecule has 0 saturated carbocycles. The van der Waals surface area contributed by atoms with Crippen LogP contribution in [0.15, 0.2) is 48.5 Å². The number of hydrogen-bond acceptors (Lipinski definition) is 6. The van der Waals surface area contributed by atoms with Crippen LogP contribution in [0.4, 0.5) is 4.79 Å². The molecule has 0 radical (unpaired) electrons. The van der Waals surface area contributed by atoms with Crippen molar-refractivity contribution in [2.75, 3.05) is 13.2 Å². The summed E-state index contributed by atoms with van der Waals surface area (Å²) in [4.78, 5) is 37.3. The molecule has 0 aliphatic heterocycles. The highest BCUT2D eigenvalue weighted by Gasteiger charge is 2.46. The minimum absolute atomic E-state index is 0.0764. The Labute approximate surface area is 260 Å². The smallest absolute Gasteiger partial charge is 0.407 e. The fourth-order valence-corrected chi connectivity index (χ4v) is 11.6. The molecule has 3 atom stereocenters. The number of carboxylic acid groups (broad SMARTS) is 1. The summed E-state index contributed by atoms with van der Waals surface area (Å²) in [6.07, 6.45) is -1.54. The highest BCUT2D eigenvalue weighted by Crippen LogP contribution is 2.44. The highest BCUT2D eigenvalue weighted by molar-refractivity contribution is 6.68. The van der Waals surface area contributed by atoms with Gasteiger partial charge in [-0.15, -0.1) is 0 Å². The fraction of sp³-hybridized carbons (Fsp3) is 0.576. The predicted molar refractivity (Wildman–Crippen MR) is 175 cm³/mol. The lowest BCUT2D eigenvalue weighted by Crippen LogP contribution is -2.56. The molecule has 0 unspecified atom stereocenters. The van der Waals surface area contributed by atoms with Crippen molar-refractivity contribution in [1.29, 1.82) is 0 Å². The van der Waals surface area contributed by atoms with E-state index >= 15 is 0 Å². The van der Waals surface area contributed by atoms with Gasteiger partial charge in [-0.3, -0.25) is 0 Å². The lowest BCUT2D eigenvalue weighted by Gasteiger charge is -2.40. The fourth-order valence-electron chi connectivity index (χ4n) is 6.23. The number of nitrogens with one attached hydrogen (secondary N) is 1. The lowest BCUT2D eigenvalue weighted by atomic mass is 9.96. The van der Waals surface area contributed by atoms with Gasteiger partial charge in [0.05, 0.1) is 12.7 Å². The number of carbonyl (C=O) groups is 2. The highest BCUT2D eigenvalue weighted by atomic mass is 28.4. The third kappa shape index (κ3) is 8.16. The van der Waals surface area contributed by atoms with Crippen LogP contribution in [-0.2, 0) is 18.4 Å². The molecule has 1 aliphatic carbocycles. The second kappa shape index (κ2) is 15.0. The topological polar surface area (TPSA) is 114 Å². The maximum atomic E-state index is 13.1. The van der Waals surface area contributed by atoms with Crippen molar-refractivity contribution in [3.05, 3.63) is 59.7 Å². The van der Waals surface area contributed by atoms with Gasteiger partial charge in [-0.1, -0.05) is 111 Å². The van der Waals surface area contributed by atoms with Gasteiger partial charge in [0.25, 0.3) is 0 Å². The van der Waals surface area contributed by atoms with Crippen LogP contribution in [0.3, 0.4) is 0 Å². The van der Waals surface area contributed by atoms with E-state index in [1.807, 2.05) is 64.1 Å². The summed E-state index contributed by atoms with van der Waals surface area (Å²) >= 11 is 0. The first-order valence-electron chi connectivity index (χ1n) is 15.5. The van der Waals surface area contributed by atoms with Crippen LogP contribution >= 0.6 is 0 Å². The molecule has 0 bridgehead atoms. The van der Waals surface area contributed by atoms with E-state index in [1.165, 1.54) is 0 Å². The van der Waals surface area contributed by atoms with Crippen LogP contribution in [0, 0.1) is 5.92 Å². The van der Waals surface area contributed by atoms with Crippen molar-refractivity contribution in [1.82, 2.24) is 5.32 Å². The molecule has 0 fully saturated rings. The molecule has 1 aliphatic rings. The first kappa shape index (κ1) is 35.0. The van der Waals surface area contributed by atoms with Crippen molar-refractivity contribution < 1.29 is 33.1 Å². The van der Waals surface area contributed by atoms with E-state index in [-0.39, 0.29) is 30.2 Å². The first-order chi connectivity index (χ1) is 20.2. The number of carbonyl (C=O) groups excluding carboxylic acids is 1. The number of amides is 1. The molecular formula is C33H51NO7Si2. The lowest BCUT2D eigenvalue weighted by molar-refractivity contribution is -0.142. The summed E-state index contributed by atoms with van der Waals surface area (Å²) in [6.45, 7) is 18.2. The van der Waals surface area contributed by atoms with Crippen molar-refractivity contribution in [2.45, 2.75) is 103 Å². The van der Waals surface area contributed by atoms with Gasteiger partial charge in [0.1, 0.15) is 12.6 Å². The molecule has 0 spiro atoms. The molecule has 3 N–H and O–H groups in total.